The summed E-state index contributed by atoms with van der Waals surface area (Å²) in [6.07, 6.45) is 0.646. The van der Waals surface area contributed by atoms with Crippen LogP contribution in [0.5, 0.6) is 0 Å². The van der Waals surface area contributed by atoms with Crippen molar-refractivity contribution in [1.82, 2.24) is 10.9 Å². The second-order valence-electron chi connectivity index (χ2n) is 7.71. The van der Waals surface area contributed by atoms with Crippen LogP contribution in [-0.4, -0.2) is 49.4 Å². The number of esters is 2. The average molecular weight is 546 g/mol. The summed E-state index contributed by atoms with van der Waals surface area (Å²) in [4.78, 5) is 62.1. The van der Waals surface area contributed by atoms with E-state index in [1.54, 1.807) is 48.5 Å². The second-order valence-corrected chi connectivity index (χ2v) is 8.62. The molecule has 11 heteroatoms. The summed E-state index contributed by atoms with van der Waals surface area (Å²) in [5, 5.41) is 0. The predicted octanol–water partition coefficient (Wildman–Crippen LogP) is 2.37. The van der Waals surface area contributed by atoms with E-state index in [0.29, 0.717) is 29.8 Å². The molecule has 2 N–H and O–H groups in total. The molecule has 3 amide bonds. The van der Waals surface area contributed by atoms with Crippen molar-refractivity contribution in [3.05, 3.63) is 64.1 Å². The second kappa shape index (κ2) is 12.1. The van der Waals surface area contributed by atoms with Crippen molar-refractivity contribution in [2.24, 2.45) is 5.92 Å². The fourth-order valence-corrected chi connectivity index (χ4v) is 3.53. The molecule has 1 saturated heterocycles. The Hall–Kier alpha value is -3.73. The summed E-state index contributed by atoms with van der Waals surface area (Å²) in [5.74, 6) is -3.43. The van der Waals surface area contributed by atoms with Gasteiger partial charge in [0.05, 0.1) is 18.1 Å². The van der Waals surface area contributed by atoms with E-state index in [-0.39, 0.29) is 18.9 Å². The molecular weight excluding hydrogens is 522 g/mol. The molecule has 0 aromatic heterocycles. The molecule has 1 heterocycles. The molecule has 3 rings (SSSR count). The molecule has 1 aliphatic heterocycles. The van der Waals surface area contributed by atoms with E-state index in [4.69, 9.17) is 9.47 Å². The monoisotopic (exact) mass is 545 g/mol. The molecule has 1 fully saturated rings. The average Bonchev–Trinajstić information content (AvgIpc) is 3.26. The fraction of sp³-hybridized carbons (Fsp3) is 0.292. The Morgan fingerprint density at radius 3 is 2.29 bits per heavy atom. The smallest absolute Gasteiger partial charge is 0.338 e. The predicted molar refractivity (Wildman–Crippen MR) is 128 cm³/mol. The molecule has 0 radical (unpaired) electrons. The lowest BCUT2D eigenvalue weighted by atomic mass is 10.1. The third kappa shape index (κ3) is 7.12. The quantitative estimate of drug-likeness (QED) is 0.384. The van der Waals surface area contributed by atoms with Crippen molar-refractivity contribution in [2.75, 3.05) is 24.7 Å². The molecule has 2 aromatic rings. The maximum Gasteiger partial charge on any atom is 0.338 e. The van der Waals surface area contributed by atoms with Crippen LogP contribution in [0.3, 0.4) is 0 Å². The highest BCUT2D eigenvalue weighted by Crippen LogP contribution is 2.26. The summed E-state index contributed by atoms with van der Waals surface area (Å²) >= 11 is 3.26. The summed E-state index contributed by atoms with van der Waals surface area (Å²) in [6, 6.07) is 12.8. The van der Waals surface area contributed by atoms with Crippen molar-refractivity contribution in [1.29, 1.82) is 0 Å². The summed E-state index contributed by atoms with van der Waals surface area (Å²) in [7, 11) is 0. The number of halogens is 1. The molecule has 10 nitrogen and oxygen atoms in total. The Morgan fingerprint density at radius 2 is 1.63 bits per heavy atom. The zero-order valence-electron chi connectivity index (χ0n) is 18.9. The van der Waals surface area contributed by atoms with Gasteiger partial charge < -0.3 is 14.4 Å². The zero-order valence-corrected chi connectivity index (χ0v) is 20.5. The van der Waals surface area contributed by atoms with E-state index < -0.39 is 36.3 Å². The van der Waals surface area contributed by atoms with Crippen LogP contribution >= 0.6 is 15.9 Å². The molecule has 1 aliphatic rings. The van der Waals surface area contributed by atoms with Gasteiger partial charge in [-0.3, -0.25) is 30.0 Å². The SMILES string of the molecule is CCCOC(=O)c1ccc(N2C[C@H](C(=O)OCC(=O)NNC(=O)c3ccc(Br)cc3)CC2=O)cc1. The summed E-state index contributed by atoms with van der Waals surface area (Å²) < 4.78 is 10.9. The van der Waals surface area contributed by atoms with Crippen molar-refractivity contribution in [3.8, 4) is 0 Å². The van der Waals surface area contributed by atoms with Crippen LogP contribution in [0.2, 0.25) is 0 Å². The van der Waals surface area contributed by atoms with Crippen molar-refractivity contribution in [3.63, 3.8) is 0 Å². The summed E-state index contributed by atoms with van der Waals surface area (Å²) in [6.45, 7) is 1.69. The van der Waals surface area contributed by atoms with Crippen molar-refractivity contribution in [2.45, 2.75) is 19.8 Å². The zero-order chi connectivity index (χ0) is 25.4. The van der Waals surface area contributed by atoms with Gasteiger partial charge in [-0.1, -0.05) is 22.9 Å². The fourth-order valence-electron chi connectivity index (χ4n) is 3.26. The number of ether oxygens (including phenoxy) is 2. The van der Waals surface area contributed by atoms with Crippen LogP contribution in [0.15, 0.2) is 53.0 Å². The van der Waals surface area contributed by atoms with E-state index in [0.717, 1.165) is 4.47 Å². The first kappa shape index (κ1) is 25.9. The molecule has 0 bridgehead atoms. The van der Waals surface area contributed by atoms with E-state index in [1.807, 2.05) is 6.92 Å². The largest absolute Gasteiger partial charge is 0.462 e. The number of carbonyl (C=O) groups excluding carboxylic acids is 5. The number of hydrogen-bond donors (Lipinski definition) is 2. The van der Waals surface area contributed by atoms with Gasteiger partial charge in [0.15, 0.2) is 6.61 Å². The third-order valence-electron chi connectivity index (χ3n) is 5.08. The molecular formula is C24H24BrN3O7. The van der Waals surface area contributed by atoms with Crippen LogP contribution in [0.4, 0.5) is 5.69 Å². The first-order valence-corrected chi connectivity index (χ1v) is 11.7. The molecule has 35 heavy (non-hydrogen) atoms. The number of benzene rings is 2. The third-order valence-corrected chi connectivity index (χ3v) is 5.61. The first-order chi connectivity index (χ1) is 16.8. The molecule has 0 aliphatic carbocycles. The van der Waals surface area contributed by atoms with Gasteiger partial charge in [-0.25, -0.2) is 4.79 Å². The number of hydrazine groups is 1. The molecule has 0 unspecified atom stereocenters. The normalized spacial score (nSPS) is 14.9. The maximum absolute atomic E-state index is 12.4. The van der Waals surface area contributed by atoms with Gasteiger partial charge in [-0.05, 0) is 55.0 Å². The number of nitrogens with zero attached hydrogens (tertiary/aromatic N) is 1. The molecule has 0 spiro atoms. The number of amides is 3. The molecule has 0 saturated carbocycles. The number of nitrogens with one attached hydrogen (secondary N) is 2. The number of anilines is 1. The van der Waals surface area contributed by atoms with Gasteiger partial charge in [-0.2, -0.15) is 0 Å². The minimum Gasteiger partial charge on any atom is -0.462 e. The highest BCUT2D eigenvalue weighted by Gasteiger charge is 2.36. The molecule has 1 atom stereocenters. The number of hydrogen-bond acceptors (Lipinski definition) is 7. The topological polar surface area (TPSA) is 131 Å². The minimum atomic E-state index is -0.748. The Balaban J connectivity index is 1.45. The highest BCUT2D eigenvalue weighted by atomic mass is 79.9. The Kier molecular flexibility index (Phi) is 8.96. The highest BCUT2D eigenvalue weighted by molar-refractivity contribution is 9.10. The van der Waals surface area contributed by atoms with E-state index in [9.17, 15) is 24.0 Å². The first-order valence-electron chi connectivity index (χ1n) is 10.9. The van der Waals surface area contributed by atoms with Gasteiger partial charge >= 0.3 is 11.9 Å². The lowest BCUT2D eigenvalue weighted by molar-refractivity contribution is -0.152. The lowest BCUT2D eigenvalue weighted by Crippen LogP contribution is -2.43. The van der Waals surface area contributed by atoms with Gasteiger partial charge in [0.1, 0.15) is 0 Å². The van der Waals surface area contributed by atoms with Gasteiger partial charge in [0.2, 0.25) is 5.91 Å². The van der Waals surface area contributed by atoms with Crippen LogP contribution < -0.4 is 15.8 Å². The minimum absolute atomic E-state index is 0.0684. The van der Waals surface area contributed by atoms with Crippen LogP contribution in [-0.2, 0) is 23.9 Å². The van der Waals surface area contributed by atoms with Crippen LogP contribution in [0, 0.1) is 5.92 Å². The van der Waals surface area contributed by atoms with Crippen LogP contribution in [0.1, 0.15) is 40.5 Å². The summed E-state index contributed by atoms with van der Waals surface area (Å²) in [5.41, 5.74) is 5.63. The molecule has 2 aromatic carbocycles. The van der Waals surface area contributed by atoms with Crippen molar-refractivity contribution < 1.29 is 33.4 Å². The van der Waals surface area contributed by atoms with Gasteiger partial charge in [0, 0.05) is 28.7 Å². The Labute approximate surface area is 210 Å². The van der Waals surface area contributed by atoms with Crippen molar-refractivity contribution >= 4 is 51.3 Å². The van der Waals surface area contributed by atoms with Gasteiger partial charge in [0.25, 0.3) is 11.8 Å². The standard InChI is InChI=1S/C24H24BrN3O7/c1-2-11-34-23(32)16-5-9-19(10-6-16)28-13-17(12-21(28)30)24(33)35-14-20(29)26-27-22(31)15-3-7-18(25)8-4-15/h3-10,17H,2,11-14H2,1H3,(H,26,29)(H,27,31)/t17-/m1/s1. The van der Waals surface area contributed by atoms with E-state index >= 15 is 0 Å². The van der Waals surface area contributed by atoms with E-state index in [2.05, 4.69) is 26.8 Å². The number of carbonyl (C=O) groups is 5. The maximum atomic E-state index is 12.4. The number of rotatable bonds is 8. The van der Waals surface area contributed by atoms with Crippen LogP contribution in [0.25, 0.3) is 0 Å². The lowest BCUT2D eigenvalue weighted by Gasteiger charge is -2.17. The Bertz CT molecular complexity index is 1100. The Morgan fingerprint density at radius 1 is 0.971 bits per heavy atom. The van der Waals surface area contributed by atoms with E-state index in [1.165, 1.54) is 4.90 Å². The van der Waals surface area contributed by atoms with Gasteiger partial charge in [-0.15, -0.1) is 0 Å². The molecule has 184 valence electrons.